The van der Waals surface area contributed by atoms with Gasteiger partial charge in [0.2, 0.25) is 5.91 Å². The lowest BCUT2D eigenvalue weighted by Gasteiger charge is -2.07. The number of halogens is 1. The van der Waals surface area contributed by atoms with Gasteiger partial charge in [0.05, 0.1) is 12.3 Å². The van der Waals surface area contributed by atoms with Gasteiger partial charge in [0.25, 0.3) is 0 Å². The van der Waals surface area contributed by atoms with E-state index in [1.807, 2.05) is 38.1 Å². The largest absolute Gasteiger partial charge is 0.392 e. The molecule has 1 heterocycles. The normalized spacial score (nSPS) is 10.6. The van der Waals surface area contributed by atoms with E-state index in [9.17, 15) is 9.90 Å². The number of anilines is 1. The summed E-state index contributed by atoms with van der Waals surface area (Å²) in [5.41, 5.74) is 3.08. The van der Waals surface area contributed by atoms with Gasteiger partial charge in [-0.05, 0) is 38.1 Å². The lowest BCUT2D eigenvalue weighted by atomic mass is 10.2. The van der Waals surface area contributed by atoms with Gasteiger partial charge < -0.3 is 10.4 Å². The van der Waals surface area contributed by atoms with Crippen LogP contribution < -0.4 is 5.32 Å². The van der Waals surface area contributed by atoms with Gasteiger partial charge in [-0.25, -0.2) is 0 Å². The van der Waals surface area contributed by atoms with Gasteiger partial charge in [-0.2, -0.15) is 5.10 Å². The zero-order valence-corrected chi connectivity index (χ0v) is 12.9. The van der Waals surface area contributed by atoms with Crippen molar-refractivity contribution < 1.29 is 9.90 Å². The number of nitrogens with one attached hydrogen (secondary N) is 1. The summed E-state index contributed by atoms with van der Waals surface area (Å²) in [6.07, 6.45) is 0. The highest BCUT2D eigenvalue weighted by Gasteiger charge is 2.13. The average Bonchev–Trinajstić information content (AvgIpc) is 2.67. The molecule has 0 atom stereocenters. The third-order valence-corrected chi connectivity index (χ3v) is 3.64. The first-order valence-electron chi connectivity index (χ1n) is 6.20. The molecule has 20 heavy (non-hydrogen) atoms. The Morgan fingerprint density at radius 1 is 1.35 bits per heavy atom. The molecule has 1 aromatic carbocycles. The number of nitrogens with zero attached hydrogens (tertiary/aromatic N) is 2. The highest BCUT2D eigenvalue weighted by Crippen LogP contribution is 2.15. The number of aliphatic hydroxyl groups excluding tert-OH is 1. The first-order valence-corrected chi connectivity index (χ1v) is 6.99. The molecule has 6 heteroatoms. The van der Waals surface area contributed by atoms with Gasteiger partial charge in [0.1, 0.15) is 6.54 Å². The molecule has 0 fully saturated rings. The van der Waals surface area contributed by atoms with E-state index in [2.05, 4.69) is 26.3 Å². The lowest BCUT2D eigenvalue weighted by Crippen LogP contribution is -2.20. The number of hydrogen-bond acceptors (Lipinski definition) is 3. The van der Waals surface area contributed by atoms with Crippen molar-refractivity contribution in [3.05, 3.63) is 45.7 Å². The number of amides is 1. The maximum absolute atomic E-state index is 12.0. The predicted octanol–water partition coefficient (Wildman–Crippen LogP) is 2.39. The first-order chi connectivity index (χ1) is 9.51. The highest BCUT2D eigenvalue weighted by molar-refractivity contribution is 9.10. The number of hydrogen-bond donors (Lipinski definition) is 2. The van der Waals surface area contributed by atoms with Crippen LogP contribution in [0.25, 0.3) is 0 Å². The Morgan fingerprint density at radius 3 is 2.55 bits per heavy atom. The molecule has 2 rings (SSSR count). The second-order valence-electron chi connectivity index (χ2n) is 4.52. The Labute approximate surface area is 125 Å². The van der Waals surface area contributed by atoms with Crippen LogP contribution in [0.3, 0.4) is 0 Å². The molecule has 0 aliphatic heterocycles. The van der Waals surface area contributed by atoms with E-state index < -0.39 is 0 Å². The fourth-order valence-electron chi connectivity index (χ4n) is 1.99. The summed E-state index contributed by atoms with van der Waals surface area (Å²) in [5, 5.41) is 16.3. The highest BCUT2D eigenvalue weighted by atomic mass is 79.9. The second kappa shape index (κ2) is 6.19. The zero-order chi connectivity index (χ0) is 14.7. The average molecular weight is 338 g/mol. The van der Waals surface area contributed by atoms with Crippen molar-refractivity contribution in [2.75, 3.05) is 5.32 Å². The number of aromatic nitrogens is 2. The Bertz CT molecular complexity index is 620. The molecule has 1 amide bonds. The molecule has 5 nitrogen and oxygen atoms in total. The third-order valence-electron chi connectivity index (χ3n) is 3.11. The third kappa shape index (κ3) is 3.26. The maximum atomic E-state index is 12.0. The molecule has 0 aliphatic rings. The quantitative estimate of drug-likeness (QED) is 0.900. The van der Waals surface area contributed by atoms with Crippen molar-refractivity contribution in [1.82, 2.24) is 9.78 Å². The summed E-state index contributed by atoms with van der Waals surface area (Å²) >= 11 is 3.34. The van der Waals surface area contributed by atoms with Gasteiger partial charge in [-0.15, -0.1) is 0 Å². The van der Waals surface area contributed by atoms with Crippen LogP contribution in [0.5, 0.6) is 0 Å². The van der Waals surface area contributed by atoms with Gasteiger partial charge >= 0.3 is 0 Å². The van der Waals surface area contributed by atoms with Crippen LogP contribution in [0.1, 0.15) is 17.0 Å². The van der Waals surface area contributed by atoms with Crippen molar-refractivity contribution in [2.45, 2.75) is 27.0 Å². The smallest absolute Gasteiger partial charge is 0.246 e. The van der Waals surface area contributed by atoms with Crippen LogP contribution in [0, 0.1) is 13.8 Å². The SMILES string of the molecule is Cc1nn(CC(=O)Nc2ccc(Br)cc2)c(C)c1CO. The minimum absolute atomic E-state index is 0.0635. The maximum Gasteiger partial charge on any atom is 0.246 e. The summed E-state index contributed by atoms with van der Waals surface area (Å²) in [7, 11) is 0. The van der Waals surface area contributed by atoms with Gasteiger partial charge in [-0.3, -0.25) is 9.48 Å². The Morgan fingerprint density at radius 2 is 2.00 bits per heavy atom. The van der Waals surface area contributed by atoms with Gasteiger partial charge in [0, 0.05) is 21.4 Å². The van der Waals surface area contributed by atoms with E-state index in [1.165, 1.54) is 0 Å². The van der Waals surface area contributed by atoms with Crippen LogP contribution in [0.2, 0.25) is 0 Å². The Kier molecular flexibility index (Phi) is 4.57. The molecule has 2 N–H and O–H groups in total. The number of carbonyl (C=O) groups excluding carboxylic acids is 1. The minimum atomic E-state index is -0.151. The van der Waals surface area contributed by atoms with Crippen molar-refractivity contribution >= 4 is 27.5 Å². The molecule has 0 saturated carbocycles. The van der Waals surface area contributed by atoms with Gasteiger partial charge in [0.15, 0.2) is 0 Å². The summed E-state index contributed by atoms with van der Waals surface area (Å²) in [6, 6.07) is 7.37. The number of aryl methyl sites for hydroxylation is 1. The number of benzene rings is 1. The molecule has 1 aromatic heterocycles. The molecule has 2 aromatic rings. The standard InChI is InChI=1S/C14H16BrN3O2/c1-9-13(8-19)10(2)18(17-9)7-14(20)16-12-5-3-11(15)4-6-12/h3-6,19H,7-8H2,1-2H3,(H,16,20). The van der Waals surface area contributed by atoms with Crippen molar-refractivity contribution in [2.24, 2.45) is 0 Å². The van der Waals surface area contributed by atoms with Gasteiger partial charge in [-0.1, -0.05) is 15.9 Å². The van der Waals surface area contributed by atoms with Crippen LogP contribution in [-0.4, -0.2) is 20.8 Å². The van der Waals surface area contributed by atoms with Crippen molar-refractivity contribution in [3.63, 3.8) is 0 Å². The number of aliphatic hydroxyl groups is 1. The van der Waals surface area contributed by atoms with Crippen LogP contribution in [-0.2, 0) is 17.9 Å². The van der Waals surface area contributed by atoms with Crippen molar-refractivity contribution in [3.8, 4) is 0 Å². The Hall–Kier alpha value is -1.66. The van der Waals surface area contributed by atoms with Crippen LogP contribution >= 0.6 is 15.9 Å². The fourth-order valence-corrected chi connectivity index (χ4v) is 2.25. The molecule has 106 valence electrons. The first kappa shape index (κ1) is 14.7. The molecule has 0 saturated heterocycles. The lowest BCUT2D eigenvalue weighted by molar-refractivity contribution is -0.116. The summed E-state index contributed by atoms with van der Waals surface area (Å²) in [5.74, 6) is -0.151. The van der Waals surface area contributed by atoms with E-state index >= 15 is 0 Å². The fraction of sp³-hybridized carbons (Fsp3) is 0.286. The molecule has 0 spiro atoms. The molecule has 0 radical (unpaired) electrons. The molecule has 0 aliphatic carbocycles. The van der Waals surface area contributed by atoms with E-state index in [1.54, 1.807) is 4.68 Å². The number of rotatable bonds is 4. The molecule has 0 unspecified atom stereocenters. The molecular weight excluding hydrogens is 322 g/mol. The van der Waals surface area contributed by atoms with Crippen molar-refractivity contribution in [1.29, 1.82) is 0 Å². The second-order valence-corrected chi connectivity index (χ2v) is 5.44. The Balaban J connectivity index is 2.06. The monoisotopic (exact) mass is 337 g/mol. The summed E-state index contributed by atoms with van der Waals surface area (Å²) in [4.78, 5) is 12.0. The van der Waals surface area contributed by atoms with Crippen LogP contribution in [0.4, 0.5) is 5.69 Å². The predicted molar refractivity (Wildman–Crippen MR) is 80.4 cm³/mol. The summed E-state index contributed by atoms with van der Waals surface area (Å²) in [6.45, 7) is 3.73. The van der Waals surface area contributed by atoms with E-state index in [0.717, 1.165) is 27.1 Å². The summed E-state index contributed by atoms with van der Waals surface area (Å²) < 4.78 is 2.57. The molecular formula is C14H16BrN3O2. The van der Waals surface area contributed by atoms with E-state index in [0.29, 0.717) is 0 Å². The minimum Gasteiger partial charge on any atom is -0.392 e. The van der Waals surface area contributed by atoms with E-state index in [4.69, 9.17) is 0 Å². The topological polar surface area (TPSA) is 67.2 Å². The molecule has 0 bridgehead atoms. The van der Waals surface area contributed by atoms with Crippen LogP contribution in [0.15, 0.2) is 28.7 Å². The number of carbonyl (C=O) groups is 1. The zero-order valence-electron chi connectivity index (χ0n) is 11.4. The van der Waals surface area contributed by atoms with E-state index in [-0.39, 0.29) is 19.1 Å².